The van der Waals surface area contributed by atoms with Crippen LogP contribution in [0.2, 0.25) is 0 Å². The van der Waals surface area contributed by atoms with Crippen LogP contribution in [-0.2, 0) is 4.79 Å². The van der Waals surface area contributed by atoms with Gasteiger partial charge in [-0.2, -0.15) is 0 Å². The van der Waals surface area contributed by atoms with Crippen LogP contribution >= 0.6 is 0 Å². The SMILES string of the molecule is C#CCCCCC=CC(=O)O. The van der Waals surface area contributed by atoms with E-state index in [1.54, 1.807) is 6.08 Å². The average molecular weight is 152 g/mol. The van der Waals surface area contributed by atoms with Gasteiger partial charge in [-0.3, -0.25) is 0 Å². The van der Waals surface area contributed by atoms with Gasteiger partial charge in [0.25, 0.3) is 0 Å². The Hall–Kier alpha value is -1.23. The van der Waals surface area contributed by atoms with E-state index in [4.69, 9.17) is 11.5 Å². The van der Waals surface area contributed by atoms with Gasteiger partial charge >= 0.3 is 5.97 Å². The summed E-state index contributed by atoms with van der Waals surface area (Å²) < 4.78 is 0. The Morgan fingerprint density at radius 3 is 2.82 bits per heavy atom. The van der Waals surface area contributed by atoms with Crippen LogP contribution < -0.4 is 0 Å². The summed E-state index contributed by atoms with van der Waals surface area (Å²) in [5.41, 5.74) is 0. The fourth-order valence-corrected chi connectivity index (χ4v) is 0.673. The number of hydrogen-bond donors (Lipinski definition) is 1. The summed E-state index contributed by atoms with van der Waals surface area (Å²) in [5, 5.41) is 8.20. The number of hydrogen-bond acceptors (Lipinski definition) is 1. The van der Waals surface area contributed by atoms with Crippen LogP contribution in [0.1, 0.15) is 25.7 Å². The normalized spacial score (nSPS) is 9.73. The Kier molecular flexibility index (Phi) is 6.11. The molecule has 0 unspecified atom stereocenters. The van der Waals surface area contributed by atoms with Crippen LogP contribution in [0.5, 0.6) is 0 Å². The first kappa shape index (κ1) is 9.77. The lowest BCUT2D eigenvalue weighted by Crippen LogP contribution is -1.85. The summed E-state index contributed by atoms with van der Waals surface area (Å²) in [7, 11) is 0. The van der Waals surface area contributed by atoms with Crippen LogP contribution in [0.3, 0.4) is 0 Å². The Labute approximate surface area is 66.9 Å². The number of carboxylic acids is 1. The molecule has 0 aromatic heterocycles. The van der Waals surface area contributed by atoms with Crippen molar-refractivity contribution in [3.05, 3.63) is 12.2 Å². The van der Waals surface area contributed by atoms with E-state index >= 15 is 0 Å². The minimum atomic E-state index is -0.887. The van der Waals surface area contributed by atoms with Gasteiger partial charge in [0.05, 0.1) is 0 Å². The molecule has 0 aliphatic heterocycles. The number of aliphatic carboxylic acids is 1. The molecule has 2 heteroatoms. The molecular formula is C9H12O2. The number of rotatable bonds is 5. The van der Waals surface area contributed by atoms with Crippen molar-refractivity contribution < 1.29 is 9.90 Å². The van der Waals surface area contributed by atoms with Crippen LogP contribution in [0.4, 0.5) is 0 Å². The highest BCUT2D eigenvalue weighted by atomic mass is 16.4. The van der Waals surface area contributed by atoms with E-state index in [1.165, 1.54) is 0 Å². The first-order chi connectivity index (χ1) is 5.27. The largest absolute Gasteiger partial charge is 0.478 e. The van der Waals surface area contributed by atoms with E-state index in [0.29, 0.717) is 0 Å². The monoisotopic (exact) mass is 152 g/mol. The number of carboxylic acid groups (broad SMARTS) is 1. The van der Waals surface area contributed by atoms with Gasteiger partial charge in [0, 0.05) is 12.5 Å². The molecule has 0 aromatic rings. The van der Waals surface area contributed by atoms with Gasteiger partial charge < -0.3 is 5.11 Å². The molecule has 0 heterocycles. The zero-order valence-corrected chi connectivity index (χ0v) is 6.42. The lowest BCUT2D eigenvalue weighted by molar-refractivity contribution is -0.131. The molecule has 0 aromatic carbocycles. The Bertz CT molecular complexity index is 174. The van der Waals surface area contributed by atoms with Crippen molar-refractivity contribution in [1.29, 1.82) is 0 Å². The number of allylic oxidation sites excluding steroid dienone is 1. The highest BCUT2D eigenvalue weighted by Gasteiger charge is 1.85. The van der Waals surface area contributed by atoms with Crippen molar-refractivity contribution in [2.24, 2.45) is 0 Å². The molecule has 0 atom stereocenters. The summed E-state index contributed by atoms with van der Waals surface area (Å²) in [5.74, 6) is 1.64. The smallest absolute Gasteiger partial charge is 0.327 e. The summed E-state index contributed by atoms with van der Waals surface area (Å²) in [6.45, 7) is 0. The molecule has 0 saturated carbocycles. The topological polar surface area (TPSA) is 37.3 Å². The molecule has 0 aliphatic rings. The van der Waals surface area contributed by atoms with E-state index in [-0.39, 0.29) is 0 Å². The van der Waals surface area contributed by atoms with Gasteiger partial charge in [0.2, 0.25) is 0 Å². The van der Waals surface area contributed by atoms with E-state index in [0.717, 1.165) is 31.8 Å². The molecule has 0 bridgehead atoms. The summed E-state index contributed by atoms with van der Waals surface area (Å²) in [6, 6.07) is 0. The van der Waals surface area contributed by atoms with Crippen molar-refractivity contribution >= 4 is 5.97 Å². The van der Waals surface area contributed by atoms with Crippen molar-refractivity contribution in [2.45, 2.75) is 25.7 Å². The van der Waals surface area contributed by atoms with E-state index in [9.17, 15) is 4.79 Å². The second kappa shape index (κ2) is 6.88. The summed E-state index contributed by atoms with van der Waals surface area (Å²) in [4.78, 5) is 9.97. The number of unbranched alkanes of at least 4 members (excludes halogenated alkanes) is 3. The first-order valence-electron chi connectivity index (χ1n) is 3.60. The minimum Gasteiger partial charge on any atom is -0.478 e. The van der Waals surface area contributed by atoms with Crippen molar-refractivity contribution in [3.63, 3.8) is 0 Å². The molecule has 0 rings (SSSR count). The maximum atomic E-state index is 9.97. The molecule has 0 saturated heterocycles. The van der Waals surface area contributed by atoms with Gasteiger partial charge in [-0.15, -0.1) is 12.3 Å². The zero-order valence-electron chi connectivity index (χ0n) is 6.42. The molecule has 60 valence electrons. The molecular weight excluding hydrogens is 140 g/mol. The highest BCUT2D eigenvalue weighted by Crippen LogP contribution is 1.98. The third-order valence-electron chi connectivity index (χ3n) is 1.20. The van der Waals surface area contributed by atoms with Gasteiger partial charge in [-0.05, 0) is 19.3 Å². The second-order valence-electron chi connectivity index (χ2n) is 2.19. The molecule has 1 N–H and O–H groups in total. The van der Waals surface area contributed by atoms with E-state index < -0.39 is 5.97 Å². The van der Waals surface area contributed by atoms with E-state index in [1.807, 2.05) is 0 Å². The van der Waals surface area contributed by atoms with Crippen molar-refractivity contribution in [1.82, 2.24) is 0 Å². The molecule has 11 heavy (non-hydrogen) atoms. The van der Waals surface area contributed by atoms with Crippen LogP contribution in [0.15, 0.2) is 12.2 Å². The molecule has 2 nitrogen and oxygen atoms in total. The van der Waals surface area contributed by atoms with Gasteiger partial charge in [-0.1, -0.05) is 6.08 Å². The molecule has 0 fully saturated rings. The van der Waals surface area contributed by atoms with Crippen LogP contribution in [-0.4, -0.2) is 11.1 Å². The van der Waals surface area contributed by atoms with Gasteiger partial charge in [0.1, 0.15) is 0 Å². The Balaban J connectivity index is 3.15. The molecule has 0 aliphatic carbocycles. The van der Waals surface area contributed by atoms with Crippen molar-refractivity contribution in [3.8, 4) is 12.3 Å². The standard InChI is InChI=1S/C9H12O2/c1-2-3-4-5-6-7-8-9(10)11/h1,7-8H,3-6H2,(H,10,11). The predicted octanol–water partition coefficient (Wildman–Crippen LogP) is 1.82. The Morgan fingerprint density at radius 2 is 2.27 bits per heavy atom. The van der Waals surface area contributed by atoms with Crippen LogP contribution in [0.25, 0.3) is 0 Å². The first-order valence-corrected chi connectivity index (χ1v) is 3.60. The predicted molar refractivity (Wildman–Crippen MR) is 44.1 cm³/mol. The van der Waals surface area contributed by atoms with Gasteiger partial charge in [0.15, 0.2) is 0 Å². The Morgan fingerprint density at radius 1 is 1.55 bits per heavy atom. The highest BCUT2D eigenvalue weighted by molar-refractivity contribution is 5.79. The van der Waals surface area contributed by atoms with Crippen molar-refractivity contribution in [2.75, 3.05) is 0 Å². The maximum Gasteiger partial charge on any atom is 0.327 e. The molecule has 0 spiro atoms. The molecule has 0 radical (unpaired) electrons. The number of terminal acetylenes is 1. The minimum absolute atomic E-state index is 0.779. The fraction of sp³-hybridized carbons (Fsp3) is 0.444. The third-order valence-corrected chi connectivity index (χ3v) is 1.20. The third kappa shape index (κ3) is 8.77. The number of carbonyl (C=O) groups is 1. The zero-order chi connectivity index (χ0) is 8.53. The fourth-order valence-electron chi connectivity index (χ4n) is 0.673. The summed E-state index contributed by atoms with van der Waals surface area (Å²) >= 11 is 0. The summed E-state index contributed by atoms with van der Waals surface area (Å²) in [6.07, 6.45) is 11.4. The van der Waals surface area contributed by atoms with Crippen LogP contribution in [0, 0.1) is 12.3 Å². The maximum absolute atomic E-state index is 9.97. The lowest BCUT2D eigenvalue weighted by Gasteiger charge is -1.89. The molecule has 0 amide bonds. The second-order valence-corrected chi connectivity index (χ2v) is 2.19. The quantitative estimate of drug-likeness (QED) is 0.370. The van der Waals surface area contributed by atoms with E-state index in [2.05, 4.69) is 5.92 Å². The van der Waals surface area contributed by atoms with Gasteiger partial charge in [-0.25, -0.2) is 4.79 Å². The lowest BCUT2D eigenvalue weighted by atomic mass is 10.2. The average Bonchev–Trinajstić information content (AvgIpc) is 1.96.